The molecule has 1 aliphatic heterocycles. The Balaban J connectivity index is 1.98. The monoisotopic (exact) mass is 414 g/mol. The summed E-state index contributed by atoms with van der Waals surface area (Å²) in [5.74, 6) is 0.0268. The SMILES string of the molecule is CCCC(=O)OCC(=O)N1CCN(S(=O)(=O)c2ccc(OC)c(OC)c2)CC1. The third-order valence-electron chi connectivity index (χ3n) is 4.39. The molecule has 0 unspecified atom stereocenters. The highest BCUT2D eigenvalue weighted by Gasteiger charge is 2.31. The van der Waals surface area contributed by atoms with Gasteiger partial charge in [0.25, 0.3) is 5.91 Å². The van der Waals surface area contributed by atoms with Crippen LogP contribution in [-0.4, -0.2) is 76.5 Å². The van der Waals surface area contributed by atoms with Gasteiger partial charge in [-0.3, -0.25) is 9.59 Å². The van der Waals surface area contributed by atoms with E-state index in [1.54, 1.807) is 0 Å². The van der Waals surface area contributed by atoms with E-state index in [1.165, 1.54) is 41.6 Å². The molecule has 1 aromatic rings. The number of benzene rings is 1. The number of methoxy groups -OCH3 is 2. The number of piperazine rings is 1. The van der Waals surface area contributed by atoms with Gasteiger partial charge in [0.1, 0.15) is 0 Å². The quantitative estimate of drug-likeness (QED) is 0.582. The summed E-state index contributed by atoms with van der Waals surface area (Å²) in [6, 6.07) is 4.41. The Morgan fingerprint density at radius 2 is 1.68 bits per heavy atom. The van der Waals surface area contributed by atoms with Crippen LogP contribution < -0.4 is 9.47 Å². The third-order valence-corrected chi connectivity index (χ3v) is 6.29. The lowest BCUT2D eigenvalue weighted by atomic mass is 10.3. The second kappa shape index (κ2) is 9.74. The van der Waals surface area contributed by atoms with Gasteiger partial charge >= 0.3 is 5.97 Å². The summed E-state index contributed by atoms with van der Waals surface area (Å²) in [5, 5.41) is 0. The lowest BCUT2D eigenvalue weighted by Gasteiger charge is -2.34. The maximum atomic E-state index is 12.9. The molecule has 1 saturated heterocycles. The molecule has 1 heterocycles. The molecule has 0 spiro atoms. The second-order valence-electron chi connectivity index (χ2n) is 6.21. The number of nitrogens with zero attached hydrogens (tertiary/aromatic N) is 2. The van der Waals surface area contributed by atoms with Crippen LogP contribution in [0.1, 0.15) is 19.8 Å². The number of carbonyl (C=O) groups is 2. The molecule has 10 heteroatoms. The van der Waals surface area contributed by atoms with Gasteiger partial charge in [-0.2, -0.15) is 4.31 Å². The minimum Gasteiger partial charge on any atom is -0.493 e. The largest absolute Gasteiger partial charge is 0.493 e. The van der Waals surface area contributed by atoms with Crippen LogP contribution in [0, 0.1) is 0 Å². The van der Waals surface area contributed by atoms with E-state index in [1.807, 2.05) is 6.92 Å². The molecule has 1 fully saturated rings. The first kappa shape index (κ1) is 22.0. The van der Waals surface area contributed by atoms with E-state index >= 15 is 0 Å². The molecule has 0 aliphatic carbocycles. The highest BCUT2D eigenvalue weighted by Crippen LogP contribution is 2.30. The van der Waals surface area contributed by atoms with Crippen molar-refractivity contribution in [2.45, 2.75) is 24.7 Å². The maximum absolute atomic E-state index is 12.9. The molecule has 2 rings (SSSR count). The summed E-state index contributed by atoms with van der Waals surface area (Å²) < 4.78 is 42.3. The van der Waals surface area contributed by atoms with Crippen LogP contribution in [0.15, 0.2) is 23.1 Å². The fraction of sp³-hybridized carbons (Fsp3) is 0.556. The molecule has 9 nitrogen and oxygen atoms in total. The predicted molar refractivity (Wildman–Crippen MR) is 101 cm³/mol. The number of hydrogen-bond acceptors (Lipinski definition) is 7. The Bertz CT molecular complexity index is 802. The van der Waals surface area contributed by atoms with E-state index in [9.17, 15) is 18.0 Å². The number of ether oxygens (including phenoxy) is 3. The van der Waals surface area contributed by atoms with Crippen molar-refractivity contribution in [3.8, 4) is 11.5 Å². The summed E-state index contributed by atoms with van der Waals surface area (Å²) >= 11 is 0. The Kier molecular flexibility index (Phi) is 7.64. The van der Waals surface area contributed by atoms with Crippen molar-refractivity contribution >= 4 is 21.9 Å². The van der Waals surface area contributed by atoms with Gasteiger partial charge in [0.2, 0.25) is 10.0 Å². The zero-order valence-electron chi connectivity index (χ0n) is 16.3. The Labute approximate surface area is 165 Å². The Hall–Kier alpha value is -2.33. The van der Waals surface area contributed by atoms with Crippen LogP contribution in [0.25, 0.3) is 0 Å². The zero-order valence-corrected chi connectivity index (χ0v) is 17.2. The van der Waals surface area contributed by atoms with Crippen molar-refractivity contribution < 1.29 is 32.2 Å². The van der Waals surface area contributed by atoms with Gasteiger partial charge < -0.3 is 19.1 Å². The Morgan fingerprint density at radius 3 is 2.25 bits per heavy atom. The maximum Gasteiger partial charge on any atom is 0.306 e. The van der Waals surface area contributed by atoms with Gasteiger partial charge in [0, 0.05) is 38.7 Å². The first-order valence-electron chi connectivity index (χ1n) is 8.99. The first-order chi connectivity index (χ1) is 13.3. The smallest absolute Gasteiger partial charge is 0.306 e. The van der Waals surface area contributed by atoms with E-state index in [4.69, 9.17) is 14.2 Å². The summed E-state index contributed by atoms with van der Waals surface area (Å²) in [5.41, 5.74) is 0. The van der Waals surface area contributed by atoms with Crippen molar-refractivity contribution in [3.63, 3.8) is 0 Å². The molecular formula is C18H26N2O7S. The summed E-state index contributed by atoms with van der Waals surface area (Å²) in [6.07, 6.45) is 0.921. The van der Waals surface area contributed by atoms with Gasteiger partial charge in [0.05, 0.1) is 19.1 Å². The number of amides is 1. The Morgan fingerprint density at radius 1 is 1.04 bits per heavy atom. The predicted octanol–water partition coefficient (Wildman–Crippen LogP) is 0.880. The molecule has 28 heavy (non-hydrogen) atoms. The van der Waals surface area contributed by atoms with Crippen molar-refractivity contribution in [2.24, 2.45) is 0 Å². The van der Waals surface area contributed by atoms with E-state index in [0.717, 1.165) is 0 Å². The van der Waals surface area contributed by atoms with Gasteiger partial charge in [-0.05, 0) is 18.6 Å². The molecule has 0 aromatic heterocycles. The number of sulfonamides is 1. The zero-order chi connectivity index (χ0) is 20.7. The van der Waals surface area contributed by atoms with Crippen molar-refractivity contribution in [2.75, 3.05) is 47.0 Å². The van der Waals surface area contributed by atoms with Crippen molar-refractivity contribution in [1.29, 1.82) is 0 Å². The van der Waals surface area contributed by atoms with Gasteiger partial charge in [-0.25, -0.2) is 8.42 Å². The van der Waals surface area contributed by atoms with E-state index in [-0.39, 0.29) is 50.0 Å². The summed E-state index contributed by atoms with van der Waals surface area (Å²) in [4.78, 5) is 25.1. The molecule has 1 amide bonds. The van der Waals surface area contributed by atoms with Crippen LogP contribution in [0.3, 0.4) is 0 Å². The van der Waals surface area contributed by atoms with Crippen LogP contribution >= 0.6 is 0 Å². The van der Waals surface area contributed by atoms with Crippen LogP contribution in [-0.2, 0) is 24.3 Å². The molecule has 0 radical (unpaired) electrons. The average Bonchev–Trinajstić information content (AvgIpc) is 2.71. The summed E-state index contributed by atoms with van der Waals surface area (Å²) in [7, 11) is -0.817. The van der Waals surface area contributed by atoms with E-state index in [2.05, 4.69) is 0 Å². The molecule has 1 aromatic carbocycles. The first-order valence-corrected chi connectivity index (χ1v) is 10.4. The van der Waals surface area contributed by atoms with E-state index in [0.29, 0.717) is 17.9 Å². The molecule has 0 N–H and O–H groups in total. The average molecular weight is 414 g/mol. The minimum absolute atomic E-state index is 0.0958. The number of rotatable bonds is 8. The van der Waals surface area contributed by atoms with Crippen LogP contribution in [0.5, 0.6) is 11.5 Å². The highest BCUT2D eigenvalue weighted by molar-refractivity contribution is 7.89. The fourth-order valence-electron chi connectivity index (χ4n) is 2.81. The van der Waals surface area contributed by atoms with Crippen LogP contribution in [0.4, 0.5) is 0 Å². The van der Waals surface area contributed by atoms with Gasteiger partial charge in [-0.15, -0.1) is 0 Å². The molecule has 0 saturated carbocycles. The molecule has 0 atom stereocenters. The lowest BCUT2D eigenvalue weighted by Crippen LogP contribution is -2.51. The van der Waals surface area contributed by atoms with E-state index < -0.39 is 16.0 Å². The molecule has 156 valence electrons. The molecule has 1 aliphatic rings. The third kappa shape index (κ3) is 5.14. The van der Waals surface area contributed by atoms with Crippen molar-refractivity contribution in [3.05, 3.63) is 18.2 Å². The highest BCUT2D eigenvalue weighted by atomic mass is 32.2. The summed E-state index contributed by atoms with van der Waals surface area (Å²) in [6.45, 7) is 2.31. The lowest BCUT2D eigenvalue weighted by molar-refractivity contribution is -0.152. The normalized spacial score (nSPS) is 15.2. The number of carbonyl (C=O) groups excluding carboxylic acids is 2. The standard InChI is InChI=1S/C18H26N2O7S/c1-4-5-18(22)27-13-17(21)19-8-10-20(11-9-19)28(23,24)14-6-7-15(25-2)16(12-14)26-3/h6-7,12H,4-5,8-11,13H2,1-3H3. The second-order valence-corrected chi connectivity index (χ2v) is 8.15. The number of esters is 1. The molecule has 0 bridgehead atoms. The topological polar surface area (TPSA) is 102 Å². The minimum atomic E-state index is -3.73. The molecular weight excluding hydrogens is 388 g/mol. The van der Waals surface area contributed by atoms with Gasteiger partial charge in [0.15, 0.2) is 18.1 Å². The number of hydrogen-bond donors (Lipinski definition) is 0. The van der Waals surface area contributed by atoms with Gasteiger partial charge in [-0.1, -0.05) is 6.92 Å². The fourth-order valence-corrected chi connectivity index (χ4v) is 4.25. The van der Waals surface area contributed by atoms with Crippen LogP contribution in [0.2, 0.25) is 0 Å². The van der Waals surface area contributed by atoms with Crippen molar-refractivity contribution in [1.82, 2.24) is 9.21 Å².